The number of benzene rings is 1. The quantitative estimate of drug-likeness (QED) is 0.802. The number of carboxylic acid groups (broad SMARTS) is 1. The predicted molar refractivity (Wildman–Crippen MR) is 77.9 cm³/mol. The van der Waals surface area contributed by atoms with E-state index in [0.717, 1.165) is 0 Å². The van der Waals surface area contributed by atoms with E-state index in [1.54, 1.807) is 32.0 Å². The van der Waals surface area contributed by atoms with Crippen molar-refractivity contribution in [1.82, 2.24) is 4.98 Å². The van der Waals surface area contributed by atoms with Gasteiger partial charge in [0.1, 0.15) is 5.56 Å². The van der Waals surface area contributed by atoms with Crippen molar-refractivity contribution in [2.45, 2.75) is 13.8 Å². The van der Waals surface area contributed by atoms with Gasteiger partial charge in [0.15, 0.2) is 0 Å². The summed E-state index contributed by atoms with van der Waals surface area (Å²) in [4.78, 5) is 37.7. The first-order valence-electron chi connectivity index (χ1n) is 6.24. The second-order valence-corrected chi connectivity index (χ2v) is 4.64. The lowest BCUT2D eigenvalue weighted by Crippen LogP contribution is -2.25. The van der Waals surface area contributed by atoms with Crippen LogP contribution in [0.4, 0.5) is 5.69 Å². The molecule has 0 aliphatic carbocycles. The van der Waals surface area contributed by atoms with Crippen molar-refractivity contribution in [3.63, 3.8) is 0 Å². The van der Waals surface area contributed by atoms with Gasteiger partial charge in [0.05, 0.1) is 11.3 Å². The number of aromatic amines is 1. The van der Waals surface area contributed by atoms with E-state index in [-0.39, 0.29) is 16.8 Å². The van der Waals surface area contributed by atoms with Crippen LogP contribution in [0.5, 0.6) is 0 Å². The lowest BCUT2D eigenvalue weighted by Gasteiger charge is -2.09. The summed E-state index contributed by atoms with van der Waals surface area (Å²) >= 11 is 0. The number of H-pyrrole nitrogens is 1. The molecule has 0 radical (unpaired) electrons. The summed E-state index contributed by atoms with van der Waals surface area (Å²) in [5.41, 5.74) is 0.765. The molecule has 0 spiro atoms. The van der Waals surface area contributed by atoms with Crippen molar-refractivity contribution in [3.8, 4) is 0 Å². The van der Waals surface area contributed by atoms with E-state index in [0.29, 0.717) is 11.3 Å². The Morgan fingerprint density at radius 3 is 2.48 bits per heavy atom. The lowest BCUT2D eigenvalue weighted by atomic mass is 10.1. The first kappa shape index (κ1) is 14.5. The second-order valence-electron chi connectivity index (χ2n) is 4.64. The summed E-state index contributed by atoms with van der Waals surface area (Å²) in [5.74, 6) is -1.79. The molecule has 108 valence electrons. The second kappa shape index (κ2) is 5.62. The van der Waals surface area contributed by atoms with E-state index in [1.807, 2.05) is 0 Å². The zero-order chi connectivity index (χ0) is 15.6. The van der Waals surface area contributed by atoms with Crippen molar-refractivity contribution in [1.29, 1.82) is 0 Å². The van der Waals surface area contributed by atoms with Crippen molar-refractivity contribution in [2.24, 2.45) is 0 Å². The van der Waals surface area contributed by atoms with Gasteiger partial charge in [-0.25, -0.2) is 4.79 Å². The lowest BCUT2D eigenvalue weighted by molar-refractivity contribution is 0.0698. The van der Waals surface area contributed by atoms with Crippen LogP contribution in [0.25, 0.3) is 0 Å². The molecular weight excluding hydrogens is 272 g/mol. The van der Waals surface area contributed by atoms with Crippen LogP contribution in [-0.4, -0.2) is 22.0 Å². The van der Waals surface area contributed by atoms with Crippen molar-refractivity contribution in [2.75, 3.05) is 5.32 Å². The number of carboxylic acids is 1. The van der Waals surface area contributed by atoms with Gasteiger partial charge in [-0.2, -0.15) is 0 Å². The van der Waals surface area contributed by atoms with E-state index >= 15 is 0 Å². The number of carbonyl (C=O) groups is 2. The fourth-order valence-corrected chi connectivity index (χ4v) is 2.10. The van der Waals surface area contributed by atoms with Crippen LogP contribution in [0, 0.1) is 13.8 Å². The molecule has 1 aromatic carbocycles. The summed E-state index contributed by atoms with van der Waals surface area (Å²) in [7, 11) is 0. The Hall–Kier alpha value is -2.89. The molecule has 0 unspecified atom stereocenters. The highest BCUT2D eigenvalue weighted by atomic mass is 16.4. The van der Waals surface area contributed by atoms with Crippen molar-refractivity contribution in [3.05, 3.63) is 63.1 Å². The standard InChI is InChI=1S/C15H14N2O4/c1-8-7-9(2)16-13(18)12(8)14(19)17-11-6-4-3-5-10(11)15(20)21/h3-7H,1-2H3,(H,16,18)(H,17,19)(H,20,21). The first-order chi connectivity index (χ1) is 9.90. The molecule has 6 heteroatoms. The molecular formula is C15H14N2O4. The van der Waals surface area contributed by atoms with Gasteiger partial charge in [0.25, 0.3) is 11.5 Å². The van der Waals surface area contributed by atoms with Gasteiger partial charge in [-0.05, 0) is 37.6 Å². The van der Waals surface area contributed by atoms with E-state index in [9.17, 15) is 14.4 Å². The average Bonchev–Trinajstić information content (AvgIpc) is 2.37. The van der Waals surface area contributed by atoms with Gasteiger partial charge < -0.3 is 15.4 Å². The van der Waals surface area contributed by atoms with Gasteiger partial charge in [0.2, 0.25) is 0 Å². The van der Waals surface area contributed by atoms with Crippen LogP contribution in [0.2, 0.25) is 0 Å². The number of aromatic carboxylic acids is 1. The number of pyridine rings is 1. The normalized spacial score (nSPS) is 10.2. The average molecular weight is 286 g/mol. The highest BCUT2D eigenvalue weighted by Gasteiger charge is 2.17. The zero-order valence-corrected chi connectivity index (χ0v) is 11.6. The molecule has 0 saturated carbocycles. The van der Waals surface area contributed by atoms with Gasteiger partial charge in [-0.15, -0.1) is 0 Å². The number of anilines is 1. The van der Waals surface area contributed by atoms with Crippen LogP contribution in [-0.2, 0) is 0 Å². The Labute approximate surface area is 120 Å². The molecule has 0 atom stereocenters. The smallest absolute Gasteiger partial charge is 0.337 e. The number of aryl methyl sites for hydroxylation is 2. The summed E-state index contributed by atoms with van der Waals surface area (Å²) in [6, 6.07) is 7.69. The third kappa shape index (κ3) is 3.00. The fraction of sp³-hybridized carbons (Fsp3) is 0.133. The molecule has 1 heterocycles. The SMILES string of the molecule is Cc1cc(C)c(C(=O)Nc2ccccc2C(=O)O)c(=O)[nH]1. The van der Waals surface area contributed by atoms with E-state index < -0.39 is 17.4 Å². The van der Waals surface area contributed by atoms with Gasteiger partial charge >= 0.3 is 5.97 Å². The predicted octanol–water partition coefficient (Wildman–Crippen LogP) is 1.94. The van der Waals surface area contributed by atoms with E-state index in [2.05, 4.69) is 10.3 Å². The van der Waals surface area contributed by atoms with Gasteiger partial charge in [0, 0.05) is 5.69 Å². The third-order valence-corrected chi connectivity index (χ3v) is 3.00. The minimum absolute atomic E-state index is 0.0270. The maximum Gasteiger partial charge on any atom is 0.337 e. The van der Waals surface area contributed by atoms with Crippen LogP contribution < -0.4 is 10.9 Å². The number of carbonyl (C=O) groups excluding carboxylic acids is 1. The molecule has 6 nitrogen and oxygen atoms in total. The Kier molecular flexibility index (Phi) is 3.89. The van der Waals surface area contributed by atoms with E-state index in [4.69, 9.17) is 5.11 Å². The molecule has 2 rings (SSSR count). The molecule has 3 N–H and O–H groups in total. The number of aromatic nitrogens is 1. The Morgan fingerprint density at radius 2 is 1.86 bits per heavy atom. The Balaban J connectivity index is 2.40. The minimum Gasteiger partial charge on any atom is -0.478 e. The maximum absolute atomic E-state index is 12.2. The van der Waals surface area contributed by atoms with Gasteiger partial charge in [-0.3, -0.25) is 9.59 Å². The Bertz CT molecular complexity index is 777. The molecule has 1 aromatic heterocycles. The first-order valence-corrected chi connectivity index (χ1v) is 6.24. The maximum atomic E-state index is 12.2. The van der Waals surface area contributed by atoms with E-state index in [1.165, 1.54) is 12.1 Å². The monoisotopic (exact) mass is 286 g/mol. The van der Waals surface area contributed by atoms with Crippen LogP contribution in [0.15, 0.2) is 35.1 Å². The molecule has 2 aromatic rings. The summed E-state index contributed by atoms with van der Waals surface area (Å²) in [6.45, 7) is 3.37. The third-order valence-electron chi connectivity index (χ3n) is 3.00. The molecule has 0 bridgehead atoms. The molecule has 0 fully saturated rings. The zero-order valence-electron chi connectivity index (χ0n) is 11.6. The summed E-state index contributed by atoms with van der Waals surface area (Å²) in [6.07, 6.45) is 0. The number of para-hydroxylation sites is 1. The van der Waals surface area contributed by atoms with Crippen LogP contribution >= 0.6 is 0 Å². The molecule has 21 heavy (non-hydrogen) atoms. The largest absolute Gasteiger partial charge is 0.478 e. The van der Waals surface area contributed by atoms with Gasteiger partial charge in [-0.1, -0.05) is 12.1 Å². The fourth-order valence-electron chi connectivity index (χ4n) is 2.10. The summed E-state index contributed by atoms with van der Waals surface area (Å²) in [5, 5.41) is 11.5. The number of amides is 1. The molecule has 0 saturated heterocycles. The molecule has 0 aliphatic heterocycles. The van der Waals surface area contributed by atoms with Crippen molar-refractivity contribution < 1.29 is 14.7 Å². The highest BCUT2D eigenvalue weighted by molar-refractivity contribution is 6.08. The molecule has 0 aliphatic rings. The number of hydrogen-bond donors (Lipinski definition) is 3. The molecule has 1 amide bonds. The highest BCUT2D eigenvalue weighted by Crippen LogP contribution is 2.16. The van der Waals surface area contributed by atoms with Crippen molar-refractivity contribution >= 4 is 17.6 Å². The number of rotatable bonds is 3. The number of hydrogen-bond acceptors (Lipinski definition) is 3. The summed E-state index contributed by atoms with van der Waals surface area (Å²) < 4.78 is 0. The topological polar surface area (TPSA) is 99.3 Å². The van der Waals surface area contributed by atoms with Crippen LogP contribution in [0.3, 0.4) is 0 Å². The Morgan fingerprint density at radius 1 is 1.19 bits per heavy atom. The van der Waals surface area contributed by atoms with Crippen LogP contribution in [0.1, 0.15) is 32.0 Å². The number of nitrogens with one attached hydrogen (secondary N) is 2. The minimum atomic E-state index is -1.15.